The highest BCUT2D eigenvalue weighted by Crippen LogP contribution is 2.24. The van der Waals surface area contributed by atoms with E-state index in [0.29, 0.717) is 6.54 Å². The molecule has 2 rings (SSSR count). The van der Waals surface area contributed by atoms with Crippen LogP contribution >= 0.6 is 0 Å². The summed E-state index contributed by atoms with van der Waals surface area (Å²) in [6.07, 6.45) is 3.76. The number of ether oxygens (including phenoxy) is 1. The fourth-order valence-corrected chi connectivity index (χ4v) is 2.13. The van der Waals surface area contributed by atoms with Gasteiger partial charge < -0.3 is 15.2 Å². The van der Waals surface area contributed by atoms with Crippen LogP contribution in [0, 0.1) is 0 Å². The lowest BCUT2D eigenvalue weighted by molar-refractivity contribution is 0.269. The van der Waals surface area contributed by atoms with Crippen LogP contribution in [0.4, 0.5) is 0 Å². The fourth-order valence-electron chi connectivity index (χ4n) is 2.13. The van der Waals surface area contributed by atoms with Gasteiger partial charge in [0.2, 0.25) is 0 Å². The molecule has 0 radical (unpaired) electrons. The van der Waals surface area contributed by atoms with Gasteiger partial charge >= 0.3 is 0 Å². The van der Waals surface area contributed by atoms with Gasteiger partial charge in [-0.2, -0.15) is 5.10 Å². The van der Waals surface area contributed by atoms with E-state index in [1.807, 2.05) is 30.6 Å². The Morgan fingerprint density at radius 3 is 2.95 bits per heavy atom. The number of para-hydroxylation sites is 1. The predicted octanol–water partition coefficient (Wildman–Crippen LogP) is 1.73. The van der Waals surface area contributed by atoms with E-state index >= 15 is 0 Å². The molecule has 0 aliphatic rings. The highest BCUT2D eigenvalue weighted by molar-refractivity contribution is 5.35. The summed E-state index contributed by atoms with van der Waals surface area (Å²) in [6.45, 7) is 3.47. The lowest BCUT2D eigenvalue weighted by Gasteiger charge is -2.16. The van der Waals surface area contributed by atoms with Crippen LogP contribution in [0.15, 0.2) is 36.7 Å². The Bertz CT molecular complexity index is 539. The van der Waals surface area contributed by atoms with Gasteiger partial charge in [0.15, 0.2) is 0 Å². The third-order valence-corrected chi connectivity index (χ3v) is 3.23. The topological polar surface area (TPSA) is 59.3 Å². The molecule has 5 heteroatoms. The zero-order valence-corrected chi connectivity index (χ0v) is 11.9. The standard InChI is InChI=1S/C15H21N3O2/c1-12(14-5-3-4-6-15(14)20-2)16-9-13-10-17-18(11-13)7-8-19/h3-6,10-12,16,19H,7-9H2,1-2H3. The van der Waals surface area contributed by atoms with Gasteiger partial charge in [-0.3, -0.25) is 4.68 Å². The van der Waals surface area contributed by atoms with Crippen LogP contribution in [0.1, 0.15) is 24.1 Å². The summed E-state index contributed by atoms with van der Waals surface area (Å²) in [5.41, 5.74) is 2.23. The van der Waals surface area contributed by atoms with Crippen molar-refractivity contribution in [3.05, 3.63) is 47.8 Å². The lowest BCUT2D eigenvalue weighted by Crippen LogP contribution is -2.18. The Morgan fingerprint density at radius 2 is 2.20 bits per heavy atom. The van der Waals surface area contributed by atoms with Crippen molar-refractivity contribution in [1.82, 2.24) is 15.1 Å². The maximum Gasteiger partial charge on any atom is 0.123 e. The van der Waals surface area contributed by atoms with Gasteiger partial charge in [-0.1, -0.05) is 18.2 Å². The summed E-state index contributed by atoms with van der Waals surface area (Å²) in [7, 11) is 1.68. The molecule has 0 fully saturated rings. The van der Waals surface area contributed by atoms with E-state index in [2.05, 4.69) is 23.4 Å². The Balaban J connectivity index is 1.95. The summed E-state index contributed by atoms with van der Waals surface area (Å²) < 4.78 is 7.11. The molecular formula is C15H21N3O2. The van der Waals surface area contributed by atoms with Crippen molar-refractivity contribution >= 4 is 0 Å². The highest BCUT2D eigenvalue weighted by Gasteiger charge is 2.10. The third-order valence-electron chi connectivity index (χ3n) is 3.23. The molecule has 1 atom stereocenters. The van der Waals surface area contributed by atoms with Crippen LogP contribution in [0.25, 0.3) is 0 Å². The Kier molecular flexibility index (Phi) is 5.15. The van der Waals surface area contributed by atoms with Crippen molar-refractivity contribution in [1.29, 1.82) is 0 Å². The van der Waals surface area contributed by atoms with Crippen molar-refractivity contribution in [2.75, 3.05) is 13.7 Å². The SMILES string of the molecule is COc1ccccc1C(C)NCc1cnn(CCO)c1. The molecule has 0 saturated heterocycles. The smallest absolute Gasteiger partial charge is 0.123 e. The number of aromatic nitrogens is 2. The van der Waals surface area contributed by atoms with Gasteiger partial charge in [0.1, 0.15) is 5.75 Å². The number of hydrogen-bond acceptors (Lipinski definition) is 4. The second-order valence-corrected chi connectivity index (χ2v) is 4.68. The molecule has 2 aromatic rings. The van der Waals surface area contributed by atoms with Gasteiger partial charge in [0.05, 0.1) is 26.5 Å². The molecular weight excluding hydrogens is 254 g/mol. The van der Waals surface area contributed by atoms with Crippen LogP contribution < -0.4 is 10.1 Å². The second-order valence-electron chi connectivity index (χ2n) is 4.68. The fraction of sp³-hybridized carbons (Fsp3) is 0.400. The van der Waals surface area contributed by atoms with Crippen LogP contribution in [0.2, 0.25) is 0 Å². The van der Waals surface area contributed by atoms with E-state index < -0.39 is 0 Å². The van der Waals surface area contributed by atoms with Crippen LogP contribution in [-0.2, 0) is 13.1 Å². The third kappa shape index (κ3) is 3.59. The molecule has 0 amide bonds. The van der Waals surface area contributed by atoms with Crippen molar-refractivity contribution in [3.8, 4) is 5.75 Å². The summed E-state index contributed by atoms with van der Waals surface area (Å²) >= 11 is 0. The first-order chi connectivity index (χ1) is 9.74. The van der Waals surface area contributed by atoms with E-state index in [9.17, 15) is 0 Å². The first-order valence-corrected chi connectivity index (χ1v) is 6.73. The lowest BCUT2D eigenvalue weighted by atomic mass is 10.1. The van der Waals surface area contributed by atoms with Crippen molar-refractivity contribution in [3.63, 3.8) is 0 Å². The first-order valence-electron chi connectivity index (χ1n) is 6.73. The Morgan fingerprint density at radius 1 is 1.40 bits per heavy atom. The number of nitrogens with one attached hydrogen (secondary N) is 1. The van der Waals surface area contributed by atoms with Gasteiger partial charge in [0.25, 0.3) is 0 Å². The Hall–Kier alpha value is -1.85. The molecule has 2 N–H and O–H groups in total. The molecule has 20 heavy (non-hydrogen) atoms. The summed E-state index contributed by atoms with van der Waals surface area (Å²) in [5.74, 6) is 0.892. The van der Waals surface area contributed by atoms with E-state index in [1.165, 1.54) is 0 Å². The number of rotatable bonds is 7. The van der Waals surface area contributed by atoms with E-state index in [-0.39, 0.29) is 12.6 Å². The second kappa shape index (κ2) is 7.07. The number of nitrogens with zero attached hydrogens (tertiary/aromatic N) is 2. The zero-order chi connectivity index (χ0) is 14.4. The van der Waals surface area contributed by atoms with Crippen LogP contribution in [-0.4, -0.2) is 28.6 Å². The maximum absolute atomic E-state index is 8.86. The van der Waals surface area contributed by atoms with E-state index in [0.717, 1.165) is 23.4 Å². The summed E-state index contributed by atoms with van der Waals surface area (Å²) in [6, 6.07) is 8.19. The van der Waals surface area contributed by atoms with Gasteiger partial charge in [-0.25, -0.2) is 0 Å². The van der Waals surface area contributed by atoms with Gasteiger partial charge in [-0.05, 0) is 13.0 Å². The minimum Gasteiger partial charge on any atom is -0.496 e. The van der Waals surface area contributed by atoms with Crippen molar-refractivity contribution in [2.24, 2.45) is 0 Å². The number of methoxy groups -OCH3 is 1. The Labute approximate surface area is 119 Å². The zero-order valence-electron chi connectivity index (χ0n) is 11.9. The first kappa shape index (κ1) is 14.6. The molecule has 0 saturated carbocycles. The molecule has 108 valence electrons. The van der Waals surface area contributed by atoms with Gasteiger partial charge in [-0.15, -0.1) is 0 Å². The minimum absolute atomic E-state index is 0.103. The maximum atomic E-state index is 8.86. The molecule has 5 nitrogen and oxygen atoms in total. The summed E-state index contributed by atoms with van der Waals surface area (Å²) in [5, 5.41) is 16.5. The van der Waals surface area contributed by atoms with Crippen molar-refractivity contribution in [2.45, 2.75) is 26.1 Å². The van der Waals surface area contributed by atoms with Crippen molar-refractivity contribution < 1.29 is 9.84 Å². The number of hydrogen-bond donors (Lipinski definition) is 2. The quantitative estimate of drug-likeness (QED) is 0.808. The molecule has 1 aromatic carbocycles. The molecule has 1 aromatic heterocycles. The van der Waals surface area contributed by atoms with Crippen LogP contribution in [0.5, 0.6) is 5.75 Å². The number of aliphatic hydroxyl groups is 1. The number of benzene rings is 1. The molecule has 0 aliphatic heterocycles. The molecule has 1 heterocycles. The van der Waals surface area contributed by atoms with E-state index in [1.54, 1.807) is 11.8 Å². The molecule has 1 unspecified atom stereocenters. The molecule has 0 spiro atoms. The number of aliphatic hydroxyl groups excluding tert-OH is 1. The highest BCUT2D eigenvalue weighted by atomic mass is 16.5. The largest absolute Gasteiger partial charge is 0.496 e. The van der Waals surface area contributed by atoms with Crippen LogP contribution in [0.3, 0.4) is 0 Å². The average molecular weight is 275 g/mol. The predicted molar refractivity (Wildman–Crippen MR) is 77.6 cm³/mol. The summed E-state index contributed by atoms with van der Waals surface area (Å²) in [4.78, 5) is 0. The average Bonchev–Trinajstić information content (AvgIpc) is 2.93. The molecule has 0 aliphatic carbocycles. The molecule has 0 bridgehead atoms. The monoisotopic (exact) mass is 275 g/mol. The van der Waals surface area contributed by atoms with Gasteiger partial charge in [0, 0.05) is 29.9 Å². The minimum atomic E-state index is 0.103. The normalized spacial score (nSPS) is 12.3. The van der Waals surface area contributed by atoms with E-state index in [4.69, 9.17) is 9.84 Å².